The molecule has 1 fully saturated rings. The minimum Gasteiger partial charge on any atom is -0.356 e. The van der Waals surface area contributed by atoms with Gasteiger partial charge in [-0.25, -0.2) is 14.6 Å². The summed E-state index contributed by atoms with van der Waals surface area (Å²) in [5.41, 5.74) is 2.47. The van der Waals surface area contributed by atoms with E-state index >= 15 is 0 Å². The predicted octanol–water partition coefficient (Wildman–Crippen LogP) is 4.44. The number of benzene rings is 1. The lowest BCUT2D eigenvalue weighted by Crippen LogP contribution is -2.41. The van der Waals surface area contributed by atoms with Crippen LogP contribution >= 0.6 is 23.2 Å². The third-order valence-corrected chi connectivity index (χ3v) is 6.01. The van der Waals surface area contributed by atoms with Gasteiger partial charge in [0.25, 0.3) is 0 Å². The normalized spacial score (nSPS) is 16.5. The fourth-order valence-corrected chi connectivity index (χ4v) is 4.07. The number of halogens is 2. The average Bonchev–Trinajstić information content (AvgIpc) is 3.09. The van der Waals surface area contributed by atoms with Gasteiger partial charge in [-0.1, -0.05) is 29.3 Å². The Morgan fingerprint density at radius 3 is 2.73 bits per heavy atom. The van der Waals surface area contributed by atoms with Gasteiger partial charge in [-0.15, -0.1) is 0 Å². The molecule has 0 saturated carbocycles. The molecule has 0 radical (unpaired) electrons. The standard InChI is InChI=1S/C21H22Cl2N6O/c1-13-9-14(2)29(27-13)19-10-18(24-12-25-19)28-8-4-5-15(11-28)21(30)26-17-7-3-6-16(22)20(17)23/h3,6-7,9-10,12,15H,4-5,8,11H2,1-2H3,(H,26,30)/t15-/m0/s1. The number of hydrogen-bond donors (Lipinski definition) is 1. The molecule has 7 nitrogen and oxygen atoms in total. The second-order valence-electron chi connectivity index (χ2n) is 7.45. The van der Waals surface area contributed by atoms with E-state index in [9.17, 15) is 4.79 Å². The topological polar surface area (TPSA) is 75.9 Å². The number of amides is 1. The van der Waals surface area contributed by atoms with Crippen LogP contribution in [0, 0.1) is 19.8 Å². The highest BCUT2D eigenvalue weighted by atomic mass is 35.5. The maximum absolute atomic E-state index is 12.9. The van der Waals surface area contributed by atoms with Crippen LogP contribution in [0.1, 0.15) is 24.2 Å². The van der Waals surface area contributed by atoms with Gasteiger partial charge in [0.05, 0.1) is 27.3 Å². The Balaban J connectivity index is 1.50. The Kier molecular flexibility index (Phi) is 5.92. The van der Waals surface area contributed by atoms with E-state index in [4.69, 9.17) is 23.2 Å². The largest absolute Gasteiger partial charge is 0.356 e. The van der Waals surface area contributed by atoms with Crippen LogP contribution in [0.25, 0.3) is 5.82 Å². The summed E-state index contributed by atoms with van der Waals surface area (Å²) >= 11 is 12.3. The summed E-state index contributed by atoms with van der Waals surface area (Å²) in [6.07, 6.45) is 3.23. The van der Waals surface area contributed by atoms with Crippen LogP contribution in [0.2, 0.25) is 10.0 Å². The van der Waals surface area contributed by atoms with Gasteiger partial charge in [0.1, 0.15) is 12.1 Å². The second-order valence-corrected chi connectivity index (χ2v) is 8.23. The molecule has 156 valence electrons. The molecule has 1 aromatic carbocycles. The average molecular weight is 445 g/mol. The van der Waals surface area contributed by atoms with Crippen molar-refractivity contribution in [3.8, 4) is 5.82 Å². The van der Waals surface area contributed by atoms with Gasteiger partial charge in [-0.3, -0.25) is 4.79 Å². The number of carbonyl (C=O) groups is 1. The molecule has 0 bridgehead atoms. The Morgan fingerprint density at radius 2 is 1.97 bits per heavy atom. The smallest absolute Gasteiger partial charge is 0.229 e. The van der Waals surface area contributed by atoms with Crippen LogP contribution in [-0.2, 0) is 4.79 Å². The number of aryl methyl sites for hydroxylation is 2. The Bertz CT molecular complexity index is 1080. The third kappa shape index (κ3) is 4.27. The number of carbonyl (C=O) groups excluding carboxylic acids is 1. The molecular weight excluding hydrogens is 423 g/mol. The molecule has 1 N–H and O–H groups in total. The summed E-state index contributed by atoms with van der Waals surface area (Å²) in [6.45, 7) is 5.34. The Hall–Kier alpha value is -2.64. The lowest BCUT2D eigenvalue weighted by molar-refractivity contribution is -0.120. The number of nitrogens with one attached hydrogen (secondary N) is 1. The van der Waals surface area contributed by atoms with Crippen molar-refractivity contribution in [3.63, 3.8) is 0 Å². The van der Waals surface area contributed by atoms with Crippen molar-refractivity contribution >= 4 is 40.6 Å². The van der Waals surface area contributed by atoms with E-state index in [1.165, 1.54) is 6.33 Å². The lowest BCUT2D eigenvalue weighted by atomic mass is 9.97. The number of aromatic nitrogens is 4. The van der Waals surface area contributed by atoms with Crippen LogP contribution in [0.4, 0.5) is 11.5 Å². The number of rotatable bonds is 4. The van der Waals surface area contributed by atoms with E-state index in [2.05, 4.69) is 25.3 Å². The fourth-order valence-electron chi connectivity index (χ4n) is 3.72. The highest BCUT2D eigenvalue weighted by molar-refractivity contribution is 6.44. The Labute approximate surface area is 185 Å². The zero-order valence-corrected chi connectivity index (χ0v) is 18.3. The SMILES string of the molecule is Cc1cc(C)n(-c2cc(N3CCC[C@H](C(=O)Nc4cccc(Cl)c4Cl)C3)ncn2)n1. The molecule has 0 spiro atoms. The summed E-state index contributed by atoms with van der Waals surface area (Å²) < 4.78 is 1.80. The fraction of sp³-hybridized carbons (Fsp3) is 0.333. The zero-order valence-electron chi connectivity index (χ0n) is 16.8. The van der Waals surface area contributed by atoms with Gasteiger partial charge >= 0.3 is 0 Å². The highest BCUT2D eigenvalue weighted by Crippen LogP contribution is 2.31. The van der Waals surface area contributed by atoms with Crippen molar-refractivity contribution in [2.75, 3.05) is 23.3 Å². The number of anilines is 2. The molecular formula is C21H22Cl2N6O. The first-order valence-corrected chi connectivity index (χ1v) is 10.5. The molecule has 3 heterocycles. The molecule has 0 unspecified atom stereocenters. The maximum Gasteiger partial charge on any atom is 0.229 e. The van der Waals surface area contributed by atoms with Crippen LogP contribution < -0.4 is 10.2 Å². The number of hydrogen-bond acceptors (Lipinski definition) is 5. The van der Waals surface area contributed by atoms with E-state index in [0.29, 0.717) is 28.1 Å². The molecule has 1 aliphatic rings. The highest BCUT2D eigenvalue weighted by Gasteiger charge is 2.27. The first kappa shape index (κ1) is 20.6. The van der Waals surface area contributed by atoms with Crippen molar-refractivity contribution < 1.29 is 4.79 Å². The van der Waals surface area contributed by atoms with E-state index < -0.39 is 0 Å². The molecule has 2 aromatic heterocycles. The van der Waals surface area contributed by atoms with Gasteiger partial charge in [-0.05, 0) is 44.9 Å². The van der Waals surface area contributed by atoms with Crippen molar-refractivity contribution in [2.24, 2.45) is 5.92 Å². The van der Waals surface area contributed by atoms with E-state index in [1.54, 1.807) is 22.9 Å². The molecule has 9 heteroatoms. The summed E-state index contributed by atoms with van der Waals surface area (Å²) in [5.74, 6) is 1.24. The van der Waals surface area contributed by atoms with Crippen LogP contribution in [-0.4, -0.2) is 38.7 Å². The summed E-state index contributed by atoms with van der Waals surface area (Å²) in [5, 5.41) is 8.17. The van der Waals surface area contributed by atoms with E-state index in [0.717, 1.165) is 36.6 Å². The molecule has 0 aliphatic carbocycles. The minimum absolute atomic E-state index is 0.0725. The molecule has 30 heavy (non-hydrogen) atoms. The van der Waals surface area contributed by atoms with Crippen molar-refractivity contribution in [1.29, 1.82) is 0 Å². The van der Waals surface area contributed by atoms with Gasteiger partial charge in [0, 0.05) is 24.8 Å². The van der Waals surface area contributed by atoms with Crippen molar-refractivity contribution in [3.05, 3.63) is 58.1 Å². The van der Waals surface area contributed by atoms with Crippen LogP contribution in [0.3, 0.4) is 0 Å². The number of nitrogens with zero attached hydrogens (tertiary/aromatic N) is 5. The van der Waals surface area contributed by atoms with Crippen LogP contribution in [0.5, 0.6) is 0 Å². The maximum atomic E-state index is 12.9. The Morgan fingerprint density at radius 1 is 1.17 bits per heavy atom. The monoisotopic (exact) mass is 444 g/mol. The van der Waals surface area contributed by atoms with Gasteiger partial charge in [0.2, 0.25) is 5.91 Å². The molecule has 1 saturated heterocycles. The van der Waals surface area contributed by atoms with Gasteiger partial charge < -0.3 is 10.2 Å². The summed E-state index contributed by atoms with van der Waals surface area (Å²) in [7, 11) is 0. The quantitative estimate of drug-likeness (QED) is 0.643. The lowest BCUT2D eigenvalue weighted by Gasteiger charge is -2.33. The third-order valence-electron chi connectivity index (χ3n) is 5.19. The summed E-state index contributed by atoms with van der Waals surface area (Å²) in [6, 6.07) is 9.12. The molecule has 1 amide bonds. The van der Waals surface area contributed by atoms with Gasteiger partial charge in [0.15, 0.2) is 5.82 Å². The van der Waals surface area contributed by atoms with E-state index in [1.807, 2.05) is 26.0 Å². The van der Waals surface area contributed by atoms with Gasteiger partial charge in [-0.2, -0.15) is 5.10 Å². The number of piperidine rings is 1. The molecule has 1 atom stereocenters. The minimum atomic E-state index is -0.180. The second kappa shape index (κ2) is 8.62. The molecule has 1 aliphatic heterocycles. The summed E-state index contributed by atoms with van der Waals surface area (Å²) in [4.78, 5) is 23.8. The van der Waals surface area contributed by atoms with Crippen molar-refractivity contribution in [2.45, 2.75) is 26.7 Å². The van der Waals surface area contributed by atoms with E-state index in [-0.39, 0.29) is 11.8 Å². The molecule has 3 aromatic rings. The van der Waals surface area contributed by atoms with Crippen molar-refractivity contribution in [1.82, 2.24) is 19.7 Å². The first-order valence-electron chi connectivity index (χ1n) is 9.78. The molecule has 4 rings (SSSR count). The zero-order chi connectivity index (χ0) is 21.3. The predicted molar refractivity (Wildman–Crippen MR) is 119 cm³/mol. The van der Waals surface area contributed by atoms with Crippen LogP contribution in [0.15, 0.2) is 36.7 Å². The first-order chi connectivity index (χ1) is 14.4.